The molecule has 1 aromatic heterocycles. The number of nitrogens with two attached hydrogens (primary N) is 1. The first kappa shape index (κ1) is 13.7. The quantitative estimate of drug-likeness (QED) is 0.392. The van der Waals surface area contributed by atoms with Crippen molar-refractivity contribution in [2.24, 2.45) is 0 Å². The Kier molecular flexibility index (Phi) is 3.05. The zero-order valence-electron chi connectivity index (χ0n) is 15.2. The Hall–Kier alpha value is -3.52. The van der Waals surface area contributed by atoms with Crippen LogP contribution in [0.4, 0.5) is 5.69 Å². The molecule has 5 rings (SSSR count). The lowest BCUT2D eigenvalue weighted by atomic mass is 10.0. The number of fused-ring (bicyclic) bond motifs is 3. The second-order valence-electron chi connectivity index (χ2n) is 6.45. The van der Waals surface area contributed by atoms with Crippen LogP contribution in [-0.4, -0.2) is 4.57 Å². The van der Waals surface area contributed by atoms with Gasteiger partial charge in [0.05, 0.1) is 12.4 Å². The van der Waals surface area contributed by atoms with Crippen molar-refractivity contribution >= 4 is 27.5 Å². The predicted octanol–water partition coefficient (Wildman–Crippen LogP) is 6.03. The van der Waals surface area contributed by atoms with Crippen LogP contribution in [0.15, 0.2) is 97.0 Å². The van der Waals surface area contributed by atoms with E-state index < -0.39 is 0 Å². The minimum absolute atomic E-state index is 0.360. The molecule has 1 heterocycles. The van der Waals surface area contributed by atoms with Crippen molar-refractivity contribution in [2.75, 3.05) is 5.73 Å². The van der Waals surface area contributed by atoms with Crippen molar-refractivity contribution in [2.45, 2.75) is 0 Å². The van der Waals surface area contributed by atoms with Gasteiger partial charge in [0.25, 0.3) is 0 Å². The molecule has 0 bridgehead atoms. The second kappa shape index (κ2) is 5.78. The molecular formula is C24H18N2. The number of para-hydroxylation sites is 2. The highest BCUT2D eigenvalue weighted by Gasteiger charge is 2.12. The fourth-order valence-corrected chi connectivity index (χ4v) is 3.62. The number of hydrogen-bond acceptors (Lipinski definition) is 1. The molecule has 0 atom stereocenters. The van der Waals surface area contributed by atoms with Gasteiger partial charge in [-0.25, -0.2) is 0 Å². The van der Waals surface area contributed by atoms with Crippen LogP contribution >= 0.6 is 0 Å². The molecule has 2 N–H and O–H groups in total. The predicted molar refractivity (Wildman–Crippen MR) is 111 cm³/mol. The maximum Gasteiger partial charge on any atom is 0.0645 e. The SMILES string of the molecule is [2H]c1cc(-c2ccc3c(c2)c2ccccc2n3-c2ccccc2)ccc1N. The number of anilines is 1. The van der Waals surface area contributed by atoms with E-state index in [0.717, 1.165) is 16.8 Å². The summed E-state index contributed by atoms with van der Waals surface area (Å²) in [6.45, 7) is 0. The fourth-order valence-electron chi connectivity index (χ4n) is 3.62. The molecule has 0 aliphatic rings. The highest BCUT2D eigenvalue weighted by atomic mass is 15.0. The third-order valence-corrected chi connectivity index (χ3v) is 4.86. The molecule has 26 heavy (non-hydrogen) atoms. The Morgan fingerprint density at radius 2 is 1.38 bits per heavy atom. The molecule has 0 aliphatic heterocycles. The van der Waals surface area contributed by atoms with Crippen LogP contribution in [0.3, 0.4) is 0 Å². The van der Waals surface area contributed by atoms with E-state index in [1.54, 1.807) is 6.07 Å². The Labute approximate surface area is 153 Å². The van der Waals surface area contributed by atoms with Crippen molar-refractivity contribution in [3.8, 4) is 16.8 Å². The van der Waals surface area contributed by atoms with E-state index in [2.05, 4.69) is 71.3 Å². The monoisotopic (exact) mass is 335 g/mol. The summed E-state index contributed by atoms with van der Waals surface area (Å²) in [5.74, 6) is 0. The molecule has 124 valence electrons. The summed E-state index contributed by atoms with van der Waals surface area (Å²) in [7, 11) is 0. The summed E-state index contributed by atoms with van der Waals surface area (Å²) < 4.78 is 10.3. The van der Waals surface area contributed by atoms with Crippen LogP contribution in [-0.2, 0) is 0 Å². The summed E-state index contributed by atoms with van der Waals surface area (Å²) in [5.41, 5.74) is 11.9. The van der Waals surface area contributed by atoms with Gasteiger partial charge in [-0.15, -0.1) is 0 Å². The molecule has 0 saturated carbocycles. The molecule has 4 aromatic carbocycles. The maximum atomic E-state index is 7.99. The normalized spacial score (nSPS) is 11.8. The van der Waals surface area contributed by atoms with Crippen LogP contribution in [0.1, 0.15) is 1.37 Å². The first-order valence-corrected chi connectivity index (χ1v) is 8.67. The van der Waals surface area contributed by atoms with E-state index in [4.69, 9.17) is 7.10 Å². The number of nitrogen functional groups attached to an aromatic ring is 1. The van der Waals surface area contributed by atoms with Gasteiger partial charge in [-0.1, -0.05) is 54.6 Å². The van der Waals surface area contributed by atoms with Gasteiger partial charge in [-0.05, 0) is 53.6 Å². The van der Waals surface area contributed by atoms with Crippen LogP contribution in [0.5, 0.6) is 0 Å². The smallest absolute Gasteiger partial charge is 0.0645 e. The maximum absolute atomic E-state index is 7.99. The summed E-state index contributed by atoms with van der Waals surface area (Å²) in [4.78, 5) is 0. The van der Waals surface area contributed by atoms with Crippen molar-refractivity contribution in [1.29, 1.82) is 0 Å². The first-order chi connectivity index (χ1) is 13.2. The second-order valence-corrected chi connectivity index (χ2v) is 6.45. The number of nitrogens with zero attached hydrogens (tertiary/aromatic N) is 1. The van der Waals surface area contributed by atoms with Crippen LogP contribution in [0.25, 0.3) is 38.6 Å². The molecular weight excluding hydrogens is 316 g/mol. The van der Waals surface area contributed by atoms with E-state index in [1.807, 2.05) is 18.2 Å². The van der Waals surface area contributed by atoms with Gasteiger partial charge in [0.15, 0.2) is 0 Å². The lowest BCUT2D eigenvalue weighted by Crippen LogP contribution is -1.92. The lowest BCUT2D eigenvalue weighted by molar-refractivity contribution is 1.18. The number of aromatic nitrogens is 1. The molecule has 0 fully saturated rings. The standard InChI is InChI=1S/C24H18N2/c25-19-13-10-17(11-14-19)18-12-15-24-22(16-18)21-8-4-5-9-23(21)26(24)20-6-2-1-3-7-20/h1-16H,25H2/i13D. The van der Waals surface area contributed by atoms with Gasteiger partial charge in [-0.3, -0.25) is 0 Å². The molecule has 0 saturated heterocycles. The molecule has 0 spiro atoms. The minimum Gasteiger partial charge on any atom is -0.399 e. The van der Waals surface area contributed by atoms with E-state index in [1.165, 1.54) is 21.8 Å². The zero-order chi connectivity index (χ0) is 18.4. The fraction of sp³-hybridized carbons (Fsp3) is 0. The van der Waals surface area contributed by atoms with Gasteiger partial charge in [0.2, 0.25) is 0 Å². The van der Waals surface area contributed by atoms with Crippen molar-refractivity contribution in [3.05, 3.63) is 97.0 Å². The Balaban J connectivity index is 1.81. The Morgan fingerprint density at radius 1 is 0.654 bits per heavy atom. The largest absolute Gasteiger partial charge is 0.399 e. The van der Waals surface area contributed by atoms with E-state index >= 15 is 0 Å². The average Bonchev–Trinajstić information content (AvgIpc) is 3.04. The summed E-state index contributed by atoms with van der Waals surface area (Å²) in [6, 6.07) is 31.4. The molecule has 5 aromatic rings. The minimum atomic E-state index is 0.360. The van der Waals surface area contributed by atoms with E-state index in [-0.39, 0.29) is 0 Å². The van der Waals surface area contributed by atoms with Crippen LogP contribution < -0.4 is 5.73 Å². The molecule has 0 aliphatic carbocycles. The topological polar surface area (TPSA) is 30.9 Å². The molecule has 2 nitrogen and oxygen atoms in total. The Morgan fingerprint density at radius 3 is 2.23 bits per heavy atom. The summed E-state index contributed by atoms with van der Waals surface area (Å²) in [5, 5.41) is 2.43. The first-order valence-electron chi connectivity index (χ1n) is 9.17. The molecule has 0 radical (unpaired) electrons. The lowest BCUT2D eigenvalue weighted by Gasteiger charge is -2.08. The highest BCUT2D eigenvalue weighted by molar-refractivity contribution is 6.10. The summed E-state index contributed by atoms with van der Waals surface area (Å²) in [6.07, 6.45) is 0. The van der Waals surface area contributed by atoms with Gasteiger partial charge in [0, 0.05) is 22.1 Å². The van der Waals surface area contributed by atoms with Gasteiger partial charge < -0.3 is 10.3 Å². The van der Waals surface area contributed by atoms with E-state index in [0.29, 0.717) is 11.7 Å². The average molecular weight is 335 g/mol. The van der Waals surface area contributed by atoms with Crippen molar-refractivity contribution < 1.29 is 1.37 Å². The Bertz CT molecular complexity index is 1290. The number of hydrogen-bond donors (Lipinski definition) is 1. The van der Waals surface area contributed by atoms with Gasteiger partial charge in [0.1, 0.15) is 0 Å². The summed E-state index contributed by atoms with van der Waals surface area (Å²) >= 11 is 0. The van der Waals surface area contributed by atoms with Gasteiger partial charge >= 0.3 is 0 Å². The third-order valence-electron chi connectivity index (χ3n) is 4.86. The van der Waals surface area contributed by atoms with E-state index in [9.17, 15) is 0 Å². The van der Waals surface area contributed by atoms with Crippen LogP contribution in [0, 0.1) is 0 Å². The molecule has 0 unspecified atom stereocenters. The number of benzene rings is 4. The van der Waals surface area contributed by atoms with Gasteiger partial charge in [-0.2, -0.15) is 0 Å². The van der Waals surface area contributed by atoms with Crippen molar-refractivity contribution in [3.63, 3.8) is 0 Å². The molecule has 0 amide bonds. The van der Waals surface area contributed by atoms with Crippen LogP contribution in [0.2, 0.25) is 0 Å². The zero-order valence-corrected chi connectivity index (χ0v) is 14.2. The molecule has 2 heteroatoms. The van der Waals surface area contributed by atoms with Crippen molar-refractivity contribution in [1.82, 2.24) is 4.57 Å². The number of rotatable bonds is 2. The highest BCUT2D eigenvalue weighted by Crippen LogP contribution is 2.34. The third kappa shape index (κ3) is 2.27.